The van der Waals surface area contributed by atoms with Crippen molar-refractivity contribution >= 4 is 23.7 Å². The molecule has 1 aromatic carbocycles. The molecule has 2 atom stereocenters. The fourth-order valence-electron chi connectivity index (χ4n) is 3.03. The van der Waals surface area contributed by atoms with Crippen LogP contribution in [0.4, 0.5) is 4.79 Å². The first kappa shape index (κ1) is 23.9. The Bertz CT molecular complexity index is 852. The Morgan fingerprint density at radius 3 is 2.48 bits per heavy atom. The molecule has 1 fully saturated rings. The van der Waals surface area contributed by atoms with Gasteiger partial charge in [-0.3, -0.25) is 15.0 Å². The van der Waals surface area contributed by atoms with Crippen molar-refractivity contribution in [3.8, 4) is 0 Å². The molecule has 168 valence electrons. The largest absolute Gasteiger partial charge is 0.449 e. The molecule has 3 amide bonds. The Morgan fingerprint density at radius 1 is 1.29 bits per heavy atom. The Hall–Kier alpha value is -3.36. The van der Waals surface area contributed by atoms with E-state index in [-0.39, 0.29) is 36.6 Å². The number of rotatable bonds is 10. The molecule has 5 N–H and O–H groups in total. The Balaban J connectivity index is 1.84. The summed E-state index contributed by atoms with van der Waals surface area (Å²) in [6, 6.07) is 6.25. The predicted octanol–water partition coefficient (Wildman–Crippen LogP) is 1.51. The van der Waals surface area contributed by atoms with Gasteiger partial charge in [0.25, 0.3) is 0 Å². The van der Waals surface area contributed by atoms with Gasteiger partial charge in [-0.05, 0) is 18.4 Å². The average Bonchev–Trinajstić information content (AvgIpc) is 3.44. The van der Waals surface area contributed by atoms with E-state index in [4.69, 9.17) is 15.9 Å². The van der Waals surface area contributed by atoms with Crippen molar-refractivity contribution in [2.24, 2.45) is 11.7 Å². The lowest BCUT2D eigenvalue weighted by molar-refractivity contribution is -0.128. The summed E-state index contributed by atoms with van der Waals surface area (Å²) in [5.74, 6) is -0.335. The number of carbonyl (C=O) groups excluding carboxylic acids is 3. The molecule has 0 radical (unpaired) electrons. The first-order valence-corrected chi connectivity index (χ1v) is 10.2. The van der Waals surface area contributed by atoms with E-state index in [9.17, 15) is 14.4 Å². The third-order valence-electron chi connectivity index (χ3n) is 4.99. The minimum absolute atomic E-state index is 0.0149. The standard InChI is InChI=1S/C22H31N5O4/c1-5-22(10-18(28)25-11-16-6-8-17(9-7-16)19(23)24)13-27(22)20(29)15(4)26-21(30)31-12-14(2)3/h5-9,14-15H,1,10-13H2,2-4H3,(H3,23,24)(H,25,28)(H,26,30)/t15-,22?,27?/m1/s1. The van der Waals surface area contributed by atoms with Crippen molar-refractivity contribution in [3.63, 3.8) is 0 Å². The summed E-state index contributed by atoms with van der Waals surface area (Å²) in [7, 11) is 0. The van der Waals surface area contributed by atoms with E-state index >= 15 is 0 Å². The first-order valence-electron chi connectivity index (χ1n) is 10.2. The molecule has 1 aliphatic heterocycles. The number of alkyl carbamates (subject to hydrolysis) is 1. The van der Waals surface area contributed by atoms with E-state index in [1.165, 1.54) is 4.90 Å². The molecule has 1 saturated heterocycles. The van der Waals surface area contributed by atoms with Crippen LogP contribution >= 0.6 is 0 Å². The van der Waals surface area contributed by atoms with Crippen LogP contribution in [-0.2, 0) is 20.9 Å². The second-order valence-electron chi connectivity index (χ2n) is 8.15. The quantitative estimate of drug-likeness (QED) is 0.193. The van der Waals surface area contributed by atoms with Crippen LogP contribution in [0.15, 0.2) is 36.9 Å². The molecule has 1 unspecified atom stereocenters. The van der Waals surface area contributed by atoms with Crippen molar-refractivity contribution in [2.45, 2.75) is 45.3 Å². The Morgan fingerprint density at radius 2 is 1.94 bits per heavy atom. The maximum Gasteiger partial charge on any atom is 0.407 e. The van der Waals surface area contributed by atoms with Crippen molar-refractivity contribution in [2.75, 3.05) is 13.2 Å². The van der Waals surface area contributed by atoms with Crippen LogP contribution in [-0.4, -0.2) is 53.4 Å². The van der Waals surface area contributed by atoms with E-state index in [1.807, 2.05) is 13.8 Å². The minimum Gasteiger partial charge on any atom is -0.449 e. The second-order valence-corrected chi connectivity index (χ2v) is 8.15. The summed E-state index contributed by atoms with van der Waals surface area (Å²) in [5, 5.41) is 12.7. The number of nitrogens with one attached hydrogen (secondary N) is 3. The summed E-state index contributed by atoms with van der Waals surface area (Å²) >= 11 is 0. The highest BCUT2D eigenvalue weighted by molar-refractivity contribution is 5.95. The van der Waals surface area contributed by atoms with Crippen molar-refractivity contribution in [1.82, 2.24) is 15.5 Å². The maximum atomic E-state index is 12.6. The van der Waals surface area contributed by atoms with Gasteiger partial charge in [0.15, 0.2) is 0 Å². The zero-order chi connectivity index (χ0) is 23.2. The fourth-order valence-corrected chi connectivity index (χ4v) is 3.03. The molecule has 0 aliphatic carbocycles. The van der Waals surface area contributed by atoms with Gasteiger partial charge in [0.2, 0.25) is 11.8 Å². The molecule has 0 aromatic heterocycles. The van der Waals surface area contributed by atoms with Crippen LogP contribution in [0.1, 0.15) is 38.3 Å². The smallest absolute Gasteiger partial charge is 0.407 e. The number of hydrogen-bond donors (Lipinski definition) is 4. The van der Waals surface area contributed by atoms with Crippen LogP contribution in [0.3, 0.4) is 0 Å². The number of amidine groups is 1. The number of nitrogen functional groups attached to an aromatic ring is 1. The molecule has 2 rings (SSSR count). The molecular formula is C22H31N5O4. The summed E-state index contributed by atoms with van der Waals surface area (Å²) in [6.07, 6.45) is 1.03. The lowest BCUT2D eigenvalue weighted by Crippen LogP contribution is -2.44. The Kier molecular flexibility index (Phi) is 7.79. The lowest BCUT2D eigenvalue weighted by atomic mass is 10.1. The van der Waals surface area contributed by atoms with E-state index in [2.05, 4.69) is 17.2 Å². The van der Waals surface area contributed by atoms with Gasteiger partial charge in [0.1, 0.15) is 11.9 Å². The molecule has 1 heterocycles. The summed E-state index contributed by atoms with van der Waals surface area (Å²) < 4.78 is 5.04. The van der Waals surface area contributed by atoms with Crippen LogP contribution in [0, 0.1) is 11.3 Å². The SMILES string of the molecule is C=CC1(CC(=O)NCc2ccc(C(=N)N)cc2)CN1C(=O)[C@@H](C)NC(=O)OCC(C)C. The van der Waals surface area contributed by atoms with E-state index in [0.29, 0.717) is 18.7 Å². The van der Waals surface area contributed by atoms with Crippen LogP contribution in [0.5, 0.6) is 0 Å². The van der Waals surface area contributed by atoms with Gasteiger partial charge in [0, 0.05) is 18.7 Å². The highest BCUT2D eigenvalue weighted by atomic mass is 16.5. The number of hydrogen-bond acceptors (Lipinski definition) is 5. The molecule has 1 aliphatic rings. The Labute approximate surface area is 182 Å². The predicted molar refractivity (Wildman–Crippen MR) is 117 cm³/mol. The molecule has 9 heteroatoms. The van der Waals surface area contributed by atoms with Gasteiger partial charge in [-0.1, -0.05) is 44.2 Å². The van der Waals surface area contributed by atoms with Crippen molar-refractivity contribution < 1.29 is 19.1 Å². The van der Waals surface area contributed by atoms with Gasteiger partial charge in [-0.15, -0.1) is 6.58 Å². The molecule has 31 heavy (non-hydrogen) atoms. The monoisotopic (exact) mass is 429 g/mol. The van der Waals surface area contributed by atoms with Gasteiger partial charge in [-0.2, -0.15) is 0 Å². The first-order chi connectivity index (χ1) is 14.6. The highest BCUT2D eigenvalue weighted by Gasteiger charge is 2.54. The average molecular weight is 430 g/mol. The number of ether oxygens (including phenoxy) is 1. The molecule has 0 saturated carbocycles. The molecule has 0 spiro atoms. The van der Waals surface area contributed by atoms with E-state index in [0.717, 1.165) is 5.56 Å². The van der Waals surface area contributed by atoms with Gasteiger partial charge in [0.05, 0.1) is 18.6 Å². The number of carbonyl (C=O) groups is 3. The topological polar surface area (TPSA) is 137 Å². The summed E-state index contributed by atoms with van der Waals surface area (Å²) in [5.41, 5.74) is 6.16. The maximum absolute atomic E-state index is 12.6. The number of benzene rings is 1. The van der Waals surface area contributed by atoms with E-state index in [1.54, 1.807) is 37.3 Å². The highest BCUT2D eigenvalue weighted by Crippen LogP contribution is 2.37. The normalized spacial score (nSPS) is 18.1. The number of nitrogens with zero attached hydrogens (tertiary/aromatic N) is 1. The second kappa shape index (κ2) is 10.1. The zero-order valence-corrected chi connectivity index (χ0v) is 18.2. The minimum atomic E-state index is -0.774. The van der Waals surface area contributed by atoms with Gasteiger partial charge >= 0.3 is 6.09 Å². The van der Waals surface area contributed by atoms with Gasteiger partial charge in [-0.25, -0.2) is 4.79 Å². The molecule has 1 aromatic rings. The number of nitrogens with two attached hydrogens (primary N) is 1. The van der Waals surface area contributed by atoms with Crippen LogP contribution in [0.25, 0.3) is 0 Å². The summed E-state index contributed by atoms with van der Waals surface area (Å²) in [6.45, 7) is 10.1. The zero-order valence-electron chi connectivity index (χ0n) is 18.2. The van der Waals surface area contributed by atoms with Crippen LogP contribution in [0.2, 0.25) is 0 Å². The third-order valence-corrected chi connectivity index (χ3v) is 4.99. The molecule has 0 bridgehead atoms. The fraction of sp³-hybridized carbons (Fsp3) is 0.455. The lowest BCUT2D eigenvalue weighted by Gasteiger charge is -2.18. The third kappa shape index (κ3) is 6.56. The van der Waals surface area contributed by atoms with Gasteiger partial charge < -0.3 is 26.0 Å². The molecular weight excluding hydrogens is 398 g/mol. The summed E-state index contributed by atoms with van der Waals surface area (Å²) in [4.78, 5) is 38.4. The molecule has 9 nitrogen and oxygen atoms in total. The van der Waals surface area contributed by atoms with E-state index < -0.39 is 17.7 Å². The van der Waals surface area contributed by atoms with Crippen LogP contribution < -0.4 is 16.4 Å². The van der Waals surface area contributed by atoms with Crippen molar-refractivity contribution in [1.29, 1.82) is 5.41 Å². The van der Waals surface area contributed by atoms with Crippen molar-refractivity contribution in [3.05, 3.63) is 48.0 Å². The number of amides is 3.